The number of benzene rings is 3. The van der Waals surface area contributed by atoms with Crippen LogP contribution < -0.4 is 5.32 Å². The molecule has 3 aromatic carbocycles. The molecule has 0 atom stereocenters. The standard InChI is InChI=1S/C23H21NO/c1-17-10-9-15-22(18(17)2)24-23(25)21(20-13-7-4-8-14-20)16-19-11-5-3-6-12-19/h3-16H,1-2H3,(H,24,25)/b21-16+. The van der Waals surface area contributed by atoms with E-state index in [-0.39, 0.29) is 5.91 Å². The molecule has 0 fully saturated rings. The van der Waals surface area contributed by atoms with Gasteiger partial charge < -0.3 is 5.32 Å². The van der Waals surface area contributed by atoms with Crippen molar-refractivity contribution in [3.63, 3.8) is 0 Å². The molecule has 3 rings (SSSR count). The molecule has 2 heteroatoms. The second kappa shape index (κ2) is 7.63. The van der Waals surface area contributed by atoms with Crippen molar-refractivity contribution < 1.29 is 4.79 Å². The number of carbonyl (C=O) groups excluding carboxylic acids is 1. The van der Waals surface area contributed by atoms with Crippen LogP contribution in [0.15, 0.2) is 78.9 Å². The zero-order chi connectivity index (χ0) is 17.6. The number of aryl methyl sites for hydroxylation is 1. The molecule has 3 aromatic rings. The molecule has 0 saturated carbocycles. The van der Waals surface area contributed by atoms with Gasteiger partial charge >= 0.3 is 0 Å². The van der Waals surface area contributed by atoms with Gasteiger partial charge in [0.2, 0.25) is 0 Å². The number of rotatable bonds is 4. The van der Waals surface area contributed by atoms with Gasteiger partial charge in [-0.1, -0.05) is 72.8 Å². The Morgan fingerprint density at radius 2 is 1.44 bits per heavy atom. The smallest absolute Gasteiger partial charge is 0.256 e. The number of hydrogen-bond donors (Lipinski definition) is 1. The molecule has 0 aliphatic heterocycles. The summed E-state index contributed by atoms with van der Waals surface area (Å²) in [5.41, 5.74) is 5.63. The van der Waals surface area contributed by atoms with Crippen LogP contribution in [0.25, 0.3) is 11.6 Å². The summed E-state index contributed by atoms with van der Waals surface area (Å²) in [5, 5.41) is 3.06. The SMILES string of the molecule is Cc1cccc(NC(=O)/C(=C/c2ccccc2)c2ccccc2)c1C. The molecule has 0 aliphatic rings. The third-order valence-corrected chi connectivity index (χ3v) is 4.29. The summed E-state index contributed by atoms with van der Waals surface area (Å²) in [7, 11) is 0. The van der Waals surface area contributed by atoms with E-state index in [0.29, 0.717) is 5.57 Å². The Bertz CT molecular complexity index is 896. The lowest BCUT2D eigenvalue weighted by molar-refractivity contribution is -0.111. The number of carbonyl (C=O) groups is 1. The van der Waals surface area contributed by atoms with Crippen molar-refractivity contribution in [2.75, 3.05) is 5.32 Å². The average Bonchev–Trinajstić information content (AvgIpc) is 2.65. The molecule has 0 unspecified atom stereocenters. The number of nitrogens with one attached hydrogen (secondary N) is 1. The average molecular weight is 327 g/mol. The second-order valence-corrected chi connectivity index (χ2v) is 6.04. The lowest BCUT2D eigenvalue weighted by Crippen LogP contribution is -2.14. The van der Waals surface area contributed by atoms with Crippen molar-refractivity contribution in [3.05, 3.63) is 101 Å². The molecule has 0 radical (unpaired) electrons. The first-order chi connectivity index (χ1) is 12.1. The van der Waals surface area contributed by atoms with Crippen molar-refractivity contribution in [2.45, 2.75) is 13.8 Å². The van der Waals surface area contributed by atoms with Crippen molar-refractivity contribution in [2.24, 2.45) is 0 Å². The van der Waals surface area contributed by atoms with E-state index in [1.165, 1.54) is 0 Å². The van der Waals surface area contributed by atoms with E-state index in [9.17, 15) is 4.79 Å². The summed E-state index contributed by atoms with van der Waals surface area (Å²) in [5.74, 6) is -0.108. The fourth-order valence-corrected chi connectivity index (χ4v) is 2.69. The minimum atomic E-state index is -0.108. The summed E-state index contributed by atoms with van der Waals surface area (Å²) in [4.78, 5) is 13.0. The van der Waals surface area contributed by atoms with Crippen LogP contribution in [-0.2, 0) is 4.79 Å². The van der Waals surface area contributed by atoms with Crippen molar-refractivity contribution in [1.29, 1.82) is 0 Å². The van der Waals surface area contributed by atoms with E-state index in [0.717, 1.165) is 27.9 Å². The minimum absolute atomic E-state index is 0.108. The molecule has 1 N–H and O–H groups in total. The maximum Gasteiger partial charge on any atom is 0.256 e. The first kappa shape index (κ1) is 16.7. The van der Waals surface area contributed by atoms with Crippen molar-refractivity contribution in [3.8, 4) is 0 Å². The van der Waals surface area contributed by atoms with Crippen LogP contribution in [0.5, 0.6) is 0 Å². The Labute approximate surface area is 148 Å². The topological polar surface area (TPSA) is 29.1 Å². The highest BCUT2D eigenvalue weighted by Crippen LogP contribution is 2.23. The van der Waals surface area contributed by atoms with E-state index in [2.05, 4.69) is 5.32 Å². The van der Waals surface area contributed by atoms with Crippen LogP contribution in [0.3, 0.4) is 0 Å². The maximum atomic E-state index is 13.0. The Balaban J connectivity index is 1.98. The number of amides is 1. The van der Waals surface area contributed by atoms with E-state index < -0.39 is 0 Å². The largest absolute Gasteiger partial charge is 0.322 e. The van der Waals surface area contributed by atoms with E-state index >= 15 is 0 Å². The van der Waals surface area contributed by atoms with Gasteiger partial charge in [0.05, 0.1) is 0 Å². The molecule has 0 aliphatic carbocycles. The monoisotopic (exact) mass is 327 g/mol. The fourth-order valence-electron chi connectivity index (χ4n) is 2.69. The normalized spacial score (nSPS) is 11.2. The van der Waals surface area contributed by atoms with Gasteiger partial charge in [-0.05, 0) is 48.2 Å². The van der Waals surface area contributed by atoms with Gasteiger partial charge in [-0.3, -0.25) is 4.79 Å². The predicted molar refractivity (Wildman–Crippen MR) is 105 cm³/mol. The molecule has 2 nitrogen and oxygen atoms in total. The van der Waals surface area contributed by atoms with Crippen LogP contribution in [0.2, 0.25) is 0 Å². The van der Waals surface area contributed by atoms with Crippen LogP contribution in [0.4, 0.5) is 5.69 Å². The molecule has 25 heavy (non-hydrogen) atoms. The number of hydrogen-bond acceptors (Lipinski definition) is 1. The highest BCUT2D eigenvalue weighted by atomic mass is 16.1. The first-order valence-electron chi connectivity index (χ1n) is 8.35. The summed E-state index contributed by atoms with van der Waals surface area (Å²) in [6.45, 7) is 4.07. The first-order valence-corrected chi connectivity index (χ1v) is 8.35. The van der Waals surface area contributed by atoms with Gasteiger partial charge in [-0.2, -0.15) is 0 Å². The van der Waals surface area contributed by atoms with Crippen LogP contribution >= 0.6 is 0 Å². The Kier molecular flexibility index (Phi) is 5.10. The third-order valence-electron chi connectivity index (χ3n) is 4.29. The zero-order valence-corrected chi connectivity index (χ0v) is 14.5. The molecule has 1 amide bonds. The second-order valence-electron chi connectivity index (χ2n) is 6.04. The Morgan fingerprint density at radius 3 is 2.12 bits per heavy atom. The quantitative estimate of drug-likeness (QED) is 0.499. The summed E-state index contributed by atoms with van der Waals surface area (Å²) < 4.78 is 0. The summed E-state index contributed by atoms with van der Waals surface area (Å²) in [6.07, 6.45) is 1.93. The van der Waals surface area contributed by atoms with Crippen molar-refractivity contribution in [1.82, 2.24) is 0 Å². The highest BCUT2D eigenvalue weighted by molar-refractivity contribution is 6.29. The lowest BCUT2D eigenvalue weighted by Gasteiger charge is -2.13. The fraction of sp³-hybridized carbons (Fsp3) is 0.0870. The van der Waals surface area contributed by atoms with Gasteiger partial charge in [0, 0.05) is 11.3 Å². The van der Waals surface area contributed by atoms with E-state index in [4.69, 9.17) is 0 Å². The molecular weight excluding hydrogens is 306 g/mol. The molecule has 124 valence electrons. The van der Waals surface area contributed by atoms with Crippen LogP contribution in [0.1, 0.15) is 22.3 Å². The predicted octanol–water partition coefficient (Wildman–Crippen LogP) is 5.48. The Hall–Kier alpha value is -3.13. The van der Waals surface area contributed by atoms with Crippen LogP contribution in [-0.4, -0.2) is 5.91 Å². The van der Waals surface area contributed by atoms with E-state index in [1.807, 2.05) is 98.8 Å². The molecule has 0 spiro atoms. The minimum Gasteiger partial charge on any atom is -0.322 e. The highest BCUT2D eigenvalue weighted by Gasteiger charge is 2.13. The van der Waals surface area contributed by atoms with Gasteiger partial charge in [-0.15, -0.1) is 0 Å². The zero-order valence-electron chi connectivity index (χ0n) is 14.5. The lowest BCUT2D eigenvalue weighted by atomic mass is 10.0. The van der Waals surface area contributed by atoms with Gasteiger partial charge in [0.15, 0.2) is 0 Å². The van der Waals surface area contributed by atoms with Gasteiger partial charge in [0.25, 0.3) is 5.91 Å². The molecule has 0 heterocycles. The molecule has 0 bridgehead atoms. The molecule has 0 saturated heterocycles. The summed E-state index contributed by atoms with van der Waals surface area (Å²) in [6, 6.07) is 25.6. The third kappa shape index (κ3) is 4.04. The van der Waals surface area contributed by atoms with Crippen molar-refractivity contribution >= 4 is 23.2 Å². The number of anilines is 1. The summed E-state index contributed by atoms with van der Waals surface area (Å²) >= 11 is 0. The van der Waals surface area contributed by atoms with Gasteiger partial charge in [-0.25, -0.2) is 0 Å². The molecule has 0 aromatic heterocycles. The van der Waals surface area contributed by atoms with Gasteiger partial charge in [0.1, 0.15) is 0 Å². The van der Waals surface area contributed by atoms with Crippen LogP contribution in [0, 0.1) is 13.8 Å². The molecular formula is C23H21NO. The Morgan fingerprint density at radius 1 is 0.800 bits per heavy atom. The maximum absolute atomic E-state index is 13.0. The van der Waals surface area contributed by atoms with E-state index in [1.54, 1.807) is 0 Å².